The second-order valence-electron chi connectivity index (χ2n) is 4.69. The molecule has 0 radical (unpaired) electrons. The molecule has 0 heterocycles. The van der Waals surface area contributed by atoms with Gasteiger partial charge in [0, 0.05) is 12.1 Å². The summed E-state index contributed by atoms with van der Waals surface area (Å²) in [5.41, 5.74) is -0.0818. The highest BCUT2D eigenvalue weighted by molar-refractivity contribution is 6.32. The van der Waals surface area contributed by atoms with Crippen LogP contribution in [0.25, 0.3) is 0 Å². The van der Waals surface area contributed by atoms with Crippen molar-refractivity contribution in [1.82, 2.24) is 0 Å². The third-order valence-electron chi connectivity index (χ3n) is 3.33. The quantitative estimate of drug-likeness (QED) is 0.608. The highest BCUT2D eigenvalue weighted by atomic mass is 35.5. The van der Waals surface area contributed by atoms with Crippen molar-refractivity contribution >= 4 is 17.3 Å². The number of hydrogen-bond donors (Lipinski definition) is 0. The van der Waals surface area contributed by atoms with E-state index in [1.807, 2.05) is 0 Å². The van der Waals surface area contributed by atoms with Crippen molar-refractivity contribution in [1.29, 1.82) is 0 Å². The molecule has 98 valence electrons. The van der Waals surface area contributed by atoms with Crippen LogP contribution in [0.3, 0.4) is 0 Å². The molecule has 0 atom stereocenters. The Labute approximate surface area is 111 Å². The van der Waals surface area contributed by atoms with Crippen molar-refractivity contribution in [2.45, 2.75) is 32.1 Å². The van der Waals surface area contributed by atoms with E-state index >= 15 is 0 Å². The summed E-state index contributed by atoms with van der Waals surface area (Å²) in [7, 11) is 0. The Hall–Kier alpha value is -1.29. The van der Waals surface area contributed by atoms with Crippen LogP contribution in [0.1, 0.15) is 32.1 Å². The van der Waals surface area contributed by atoms with Gasteiger partial charge in [0.15, 0.2) is 0 Å². The Bertz CT molecular complexity index is 430. The van der Waals surface area contributed by atoms with Gasteiger partial charge in [-0.2, -0.15) is 0 Å². The molecule has 0 unspecified atom stereocenters. The molecule has 18 heavy (non-hydrogen) atoms. The van der Waals surface area contributed by atoms with E-state index in [-0.39, 0.29) is 10.7 Å². The van der Waals surface area contributed by atoms with Gasteiger partial charge in [0.2, 0.25) is 0 Å². The van der Waals surface area contributed by atoms with Crippen LogP contribution in [-0.4, -0.2) is 11.5 Å². The van der Waals surface area contributed by atoms with Gasteiger partial charge in [0.1, 0.15) is 10.8 Å². The normalized spacial score (nSPS) is 16.5. The highest BCUT2D eigenvalue weighted by Gasteiger charge is 2.16. The van der Waals surface area contributed by atoms with Crippen molar-refractivity contribution in [3.05, 3.63) is 33.3 Å². The number of nitro groups is 1. The van der Waals surface area contributed by atoms with Gasteiger partial charge in [0.25, 0.3) is 5.69 Å². The molecule has 0 spiro atoms. The zero-order valence-electron chi connectivity index (χ0n) is 10.1. The average Bonchev–Trinajstić information content (AvgIpc) is 2.37. The largest absolute Gasteiger partial charge is 0.493 e. The molecular weight excluding hydrogens is 254 g/mol. The van der Waals surface area contributed by atoms with E-state index < -0.39 is 4.92 Å². The molecule has 4 nitrogen and oxygen atoms in total. The van der Waals surface area contributed by atoms with E-state index in [1.54, 1.807) is 6.07 Å². The number of nitrogens with zero attached hydrogens (tertiary/aromatic N) is 1. The third-order valence-corrected chi connectivity index (χ3v) is 3.63. The van der Waals surface area contributed by atoms with Gasteiger partial charge in [-0.3, -0.25) is 10.1 Å². The molecule has 0 bridgehead atoms. The maximum absolute atomic E-state index is 10.6. The predicted octanol–water partition coefficient (Wildman–Crippen LogP) is 4.21. The van der Waals surface area contributed by atoms with E-state index in [0.717, 1.165) is 0 Å². The standard InChI is InChI=1S/C13H16ClNO3/c14-12-8-11(6-7-13(12)15(16)17)18-9-10-4-2-1-3-5-10/h6-8,10H,1-5,9H2. The fourth-order valence-electron chi connectivity index (χ4n) is 2.29. The van der Waals surface area contributed by atoms with Gasteiger partial charge in [-0.05, 0) is 24.8 Å². The first kappa shape index (κ1) is 13.1. The van der Waals surface area contributed by atoms with E-state index in [9.17, 15) is 10.1 Å². The summed E-state index contributed by atoms with van der Waals surface area (Å²) < 4.78 is 5.65. The summed E-state index contributed by atoms with van der Waals surface area (Å²) >= 11 is 5.82. The lowest BCUT2D eigenvalue weighted by Crippen LogP contribution is -2.15. The van der Waals surface area contributed by atoms with Crippen molar-refractivity contribution in [3.63, 3.8) is 0 Å². The molecule has 1 saturated carbocycles. The molecule has 0 saturated heterocycles. The number of hydrogen-bond acceptors (Lipinski definition) is 3. The fraction of sp³-hybridized carbons (Fsp3) is 0.538. The van der Waals surface area contributed by atoms with Gasteiger partial charge >= 0.3 is 0 Å². The smallest absolute Gasteiger partial charge is 0.288 e. The minimum Gasteiger partial charge on any atom is -0.493 e. The Balaban J connectivity index is 1.93. The molecule has 0 aromatic heterocycles. The summed E-state index contributed by atoms with van der Waals surface area (Å²) in [6.45, 7) is 0.675. The van der Waals surface area contributed by atoms with Gasteiger partial charge in [-0.1, -0.05) is 30.9 Å². The second-order valence-corrected chi connectivity index (χ2v) is 5.09. The van der Waals surface area contributed by atoms with Crippen LogP contribution in [0.4, 0.5) is 5.69 Å². The number of ether oxygens (including phenoxy) is 1. The summed E-state index contributed by atoms with van der Waals surface area (Å²) in [5.74, 6) is 1.21. The van der Waals surface area contributed by atoms with Crippen LogP contribution in [0.5, 0.6) is 5.75 Å². The monoisotopic (exact) mass is 269 g/mol. The first-order valence-electron chi connectivity index (χ1n) is 6.23. The molecule has 1 fully saturated rings. The van der Waals surface area contributed by atoms with Crippen molar-refractivity contribution < 1.29 is 9.66 Å². The first-order valence-corrected chi connectivity index (χ1v) is 6.61. The van der Waals surface area contributed by atoms with Crippen LogP contribution < -0.4 is 4.74 Å². The number of rotatable bonds is 4. The van der Waals surface area contributed by atoms with E-state index in [4.69, 9.17) is 16.3 Å². The Kier molecular flexibility index (Phi) is 4.42. The summed E-state index contributed by atoms with van der Waals surface area (Å²) in [6.07, 6.45) is 6.28. The zero-order chi connectivity index (χ0) is 13.0. The predicted molar refractivity (Wildman–Crippen MR) is 70.2 cm³/mol. The average molecular weight is 270 g/mol. The molecule has 1 aliphatic rings. The first-order chi connectivity index (χ1) is 8.66. The molecule has 2 rings (SSSR count). The fourth-order valence-corrected chi connectivity index (χ4v) is 2.53. The number of halogens is 1. The molecular formula is C13H16ClNO3. The van der Waals surface area contributed by atoms with Crippen molar-refractivity contribution in [2.75, 3.05) is 6.61 Å². The summed E-state index contributed by atoms with van der Waals surface area (Å²) in [5, 5.41) is 10.7. The molecule has 5 heteroatoms. The SMILES string of the molecule is O=[N+]([O-])c1ccc(OCC2CCCCC2)cc1Cl. The Morgan fingerprint density at radius 3 is 2.67 bits per heavy atom. The highest BCUT2D eigenvalue weighted by Crippen LogP contribution is 2.29. The molecule has 0 aliphatic heterocycles. The van der Waals surface area contributed by atoms with Crippen LogP contribution in [0, 0.1) is 16.0 Å². The molecule has 1 aromatic carbocycles. The van der Waals surface area contributed by atoms with Gasteiger partial charge in [-0.25, -0.2) is 0 Å². The van der Waals surface area contributed by atoms with Crippen LogP contribution >= 0.6 is 11.6 Å². The Morgan fingerprint density at radius 1 is 1.33 bits per heavy atom. The Morgan fingerprint density at radius 2 is 2.06 bits per heavy atom. The molecule has 0 N–H and O–H groups in total. The van der Waals surface area contributed by atoms with Crippen LogP contribution in [0.2, 0.25) is 5.02 Å². The van der Waals surface area contributed by atoms with Gasteiger partial charge in [0.05, 0.1) is 11.5 Å². The van der Waals surface area contributed by atoms with E-state index in [2.05, 4.69) is 0 Å². The minimum atomic E-state index is -0.493. The number of nitro benzene ring substituents is 1. The lowest BCUT2D eigenvalue weighted by atomic mass is 9.90. The van der Waals surface area contributed by atoms with E-state index in [1.165, 1.54) is 44.2 Å². The lowest BCUT2D eigenvalue weighted by molar-refractivity contribution is -0.384. The minimum absolute atomic E-state index is 0.0818. The lowest BCUT2D eigenvalue weighted by Gasteiger charge is -2.21. The maximum atomic E-state index is 10.6. The van der Waals surface area contributed by atoms with Gasteiger partial charge in [-0.15, -0.1) is 0 Å². The summed E-state index contributed by atoms with van der Waals surface area (Å²) in [4.78, 5) is 10.1. The van der Waals surface area contributed by atoms with Gasteiger partial charge < -0.3 is 4.74 Å². The molecule has 1 aromatic rings. The summed E-state index contributed by atoms with van der Waals surface area (Å²) in [6, 6.07) is 4.51. The molecule has 1 aliphatic carbocycles. The topological polar surface area (TPSA) is 52.4 Å². The van der Waals surface area contributed by atoms with Crippen LogP contribution in [0.15, 0.2) is 18.2 Å². The second kappa shape index (κ2) is 6.05. The van der Waals surface area contributed by atoms with Crippen molar-refractivity contribution in [2.24, 2.45) is 5.92 Å². The molecule has 0 amide bonds. The third kappa shape index (κ3) is 3.35. The van der Waals surface area contributed by atoms with E-state index in [0.29, 0.717) is 18.3 Å². The van der Waals surface area contributed by atoms with Crippen molar-refractivity contribution in [3.8, 4) is 5.75 Å². The van der Waals surface area contributed by atoms with Crippen LogP contribution in [-0.2, 0) is 0 Å². The number of benzene rings is 1. The maximum Gasteiger partial charge on any atom is 0.288 e. The zero-order valence-corrected chi connectivity index (χ0v) is 10.9.